The third kappa shape index (κ3) is 6.18. The zero-order valence-corrected chi connectivity index (χ0v) is 20.4. The zero-order valence-electron chi connectivity index (χ0n) is 17.6. The Labute approximate surface area is 207 Å². The van der Waals surface area contributed by atoms with Crippen LogP contribution in [0.2, 0.25) is 0 Å². The number of hydrogen-bond donors (Lipinski definition) is 1. The molecule has 31 heavy (non-hydrogen) atoms. The molecular weight excluding hydrogens is 429 g/mol. The SMILES string of the molecule is O=C([O-])CN1CCN(c2ccccc2NC(=O)c2csc(N3CCOCC3)n2)CC1.[Na+]. The molecule has 1 amide bonds. The van der Waals surface area contributed by atoms with Gasteiger partial charge < -0.3 is 29.8 Å². The first-order valence-electron chi connectivity index (χ1n) is 9.96. The van der Waals surface area contributed by atoms with E-state index in [1.54, 1.807) is 5.38 Å². The summed E-state index contributed by atoms with van der Waals surface area (Å²) in [7, 11) is 0. The molecule has 1 aromatic heterocycles. The molecule has 9 nitrogen and oxygen atoms in total. The van der Waals surface area contributed by atoms with Crippen molar-refractivity contribution >= 4 is 39.7 Å². The van der Waals surface area contributed by atoms with Crippen LogP contribution in [-0.4, -0.2) is 80.8 Å². The number of amides is 1. The van der Waals surface area contributed by atoms with Gasteiger partial charge in [-0.3, -0.25) is 9.69 Å². The van der Waals surface area contributed by atoms with Crippen molar-refractivity contribution in [2.45, 2.75) is 0 Å². The van der Waals surface area contributed by atoms with Gasteiger partial charge in [-0.15, -0.1) is 11.3 Å². The van der Waals surface area contributed by atoms with E-state index in [0.717, 1.165) is 29.6 Å². The maximum Gasteiger partial charge on any atom is 1.00 e. The molecule has 0 aliphatic carbocycles. The largest absolute Gasteiger partial charge is 1.00 e. The number of morpholine rings is 1. The van der Waals surface area contributed by atoms with Gasteiger partial charge in [0.15, 0.2) is 5.13 Å². The fourth-order valence-electron chi connectivity index (χ4n) is 3.64. The quantitative estimate of drug-likeness (QED) is 0.466. The number of rotatable bonds is 6. The molecule has 2 fully saturated rings. The summed E-state index contributed by atoms with van der Waals surface area (Å²) < 4.78 is 5.37. The van der Waals surface area contributed by atoms with E-state index < -0.39 is 5.97 Å². The number of ether oxygens (including phenoxy) is 1. The summed E-state index contributed by atoms with van der Waals surface area (Å²) in [6, 6.07) is 7.64. The number of benzene rings is 1. The van der Waals surface area contributed by atoms with Gasteiger partial charge in [0.05, 0.1) is 30.6 Å². The molecule has 1 aromatic carbocycles. The average molecular weight is 454 g/mol. The van der Waals surface area contributed by atoms with Crippen LogP contribution in [0.1, 0.15) is 10.5 Å². The minimum atomic E-state index is -1.06. The Bertz CT molecular complexity index is 897. The van der Waals surface area contributed by atoms with Gasteiger partial charge in [-0.2, -0.15) is 0 Å². The Hall–Kier alpha value is -1.69. The third-order valence-corrected chi connectivity index (χ3v) is 6.13. The topological polar surface area (TPSA) is 101 Å². The van der Waals surface area contributed by atoms with Crippen LogP contribution in [0.15, 0.2) is 29.6 Å². The van der Waals surface area contributed by atoms with Gasteiger partial charge in [0.25, 0.3) is 5.91 Å². The number of carbonyl (C=O) groups excluding carboxylic acids is 2. The Morgan fingerprint density at radius 3 is 2.48 bits per heavy atom. The van der Waals surface area contributed by atoms with Gasteiger partial charge in [0.2, 0.25) is 0 Å². The molecule has 0 unspecified atom stereocenters. The number of para-hydroxylation sites is 2. The third-order valence-electron chi connectivity index (χ3n) is 5.22. The second-order valence-corrected chi connectivity index (χ2v) is 8.06. The van der Waals surface area contributed by atoms with Crippen LogP contribution in [0.25, 0.3) is 0 Å². The molecule has 0 bridgehead atoms. The summed E-state index contributed by atoms with van der Waals surface area (Å²) in [6.07, 6.45) is 0. The molecule has 0 saturated carbocycles. The van der Waals surface area contributed by atoms with Crippen LogP contribution < -0.4 is 49.8 Å². The number of hydrogen-bond acceptors (Lipinski definition) is 9. The number of nitrogens with one attached hydrogen (secondary N) is 1. The number of carboxylic acids is 1. The van der Waals surface area contributed by atoms with Gasteiger partial charge in [-0.05, 0) is 12.1 Å². The van der Waals surface area contributed by atoms with Gasteiger partial charge in [0, 0.05) is 51.2 Å². The number of aromatic nitrogens is 1. The standard InChI is InChI=1S/C20H25N5O4S.Na/c26-18(27)13-23-5-7-24(8-6-23)17-4-2-1-3-15(17)21-19(28)16-14-30-20(22-16)25-9-11-29-12-10-25;/h1-4,14H,5-13H2,(H,21,28)(H,26,27);/q;+1/p-1. The van der Waals surface area contributed by atoms with Crippen LogP contribution in [0.5, 0.6) is 0 Å². The summed E-state index contributed by atoms with van der Waals surface area (Å²) in [5.41, 5.74) is 2.04. The molecule has 2 saturated heterocycles. The van der Waals surface area contributed by atoms with Crippen molar-refractivity contribution in [3.63, 3.8) is 0 Å². The number of carboxylic acid groups (broad SMARTS) is 1. The van der Waals surface area contributed by atoms with E-state index in [4.69, 9.17) is 4.74 Å². The summed E-state index contributed by atoms with van der Waals surface area (Å²) in [5, 5.41) is 16.4. The van der Waals surface area contributed by atoms with Crippen LogP contribution in [-0.2, 0) is 9.53 Å². The molecule has 0 radical (unpaired) electrons. The van der Waals surface area contributed by atoms with E-state index in [9.17, 15) is 14.7 Å². The van der Waals surface area contributed by atoms with Crippen LogP contribution in [0, 0.1) is 0 Å². The number of carbonyl (C=O) groups is 2. The van der Waals surface area contributed by atoms with Crippen molar-refractivity contribution in [3.8, 4) is 0 Å². The Morgan fingerprint density at radius 2 is 1.77 bits per heavy atom. The van der Waals surface area contributed by atoms with Crippen molar-refractivity contribution in [2.24, 2.45) is 0 Å². The maximum absolute atomic E-state index is 12.8. The van der Waals surface area contributed by atoms with Gasteiger partial charge >= 0.3 is 29.6 Å². The smallest absolute Gasteiger partial charge is 0.549 e. The molecule has 1 N–H and O–H groups in total. The molecule has 2 aromatic rings. The minimum Gasteiger partial charge on any atom is -0.549 e. The van der Waals surface area contributed by atoms with E-state index in [1.807, 2.05) is 29.2 Å². The Kier molecular flexibility index (Phi) is 8.70. The first-order chi connectivity index (χ1) is 14.6. The molecule has 160 valence electrons. The second kappa shape index (κ2) is 11.3. The molecule has 2 aliphatic heterocycles. The number of aliphatic carboxylic acids is 1. The number of anilines is 3. The van der Waals surface area contributed by atoms with Crippen molar-refractivity contribution in [1.29, 1.82) is 0 Å². The summed E-state index contributed by atoms with van der Waals surface area (Å²) in [5.74, 6) is -1.30. The normalized spacial score (nSPS) is 17.2. The number of piperazine rings is 1. The molecule has 2 aliphatic rings. The van der Waals surface area contributed by atoms with Gasteiger partial charge in [-0.25, -0.2) is 4.98 Å². The molecule has 3 heterocycles. The van der Waals surface area contributed by atoms with Crippen molar-refractivity contribution in [3.05, 3.63) is 35.3 Å². The summed E-state index contributed by atoms with van der Waals surface area (Å²) in [6.45, 7) is 5.46. The van der Waals surface area contributed by atoms with Crippen molar-refractivity contribution in [1.82, 2.24) is 9.88 Å². The predicted octanol–water partition coefficient (Wildman–Crippen LogP) is -2.89. The molecule has 11 heteroatoms. The zero-order chi connectivity index (χ0) is 20.9. The van der Waals surface area contributed by atoms with Gasteiger partial charge in [0.1, 0.15) is 5.69 Å². The first kappa shape index (κ1) is 24.0. The number of thiazole rings is 1. The van der Waals surface area contributed by atoms with E-state index in [-0.39, 0.29) is 42.0 Å². The molecule has 0 atom stereocenters. The average Bonchev–Trinajstić information content (AvgIpc) is 3.26. The fourth-order valence-corrected chi connectivity index (χ4v) is 4.50. The summed E-state index contributed by atoms with van der Waals surface area (Å²) in [4.78, 5) is 34.3. The summed E-state index contributed by atoms with van der Waals surface area (Å²) >= 11 is 1.46. The van der Waals surface area contributed by atoms with Gasteiger partial charge in [-0.1, -0.05) is 12.1 Å². The van der Waals surface area contributed by atoms with Crippen molar-refractivity contribution in [2.75, 3.05) is 74.1 Å². The molecular formula is C20H24N5NaO4S. The minimum absolute atomic E-state index is 0. The predicted molar refractivity (Wildman–Crippen MR) is 113 cm³/mol. The first-order valence-corrected chi connectivity index (χ1v) is 10.8. The molecule has 0 spiro atoms. The van der Waals surface area contributed by atoms with E-state index >= 15 is 0 Å². The van der Waals surface area contributed by atoms with E-state index in [0.29, 0.717) is 45.1 Å². The van der Waals surface area contributed by atoms with Crippen LogP contribution >= 0.6 is 11.3 Å². The Balaban J connectivity index is 0.00000272. The van der Waals surface area contributed by atoms with Crippen molar-refractivity contribution < 1.29 is 49.0 Å². The van der Waals surface area contributed by atoms with Crippen LogP contribution in [0.3, 0.4) is 0 Å². The van der Waals surface area contributed by atoms with E-state index in [1.165, 1.54) is 11.3 Å². The second-order valence-electron chi connectivity index (χ2n) is 7.22. The Morgan fingerprint density at radius 1 is 1.06 bits per heavy atom. The monoisotopic (exact) mass is 453 g/mol. The van der Waals surface area contributed by atoms with E-state index in [2.05, 4.69) is 20.1 Å². The number of nitrogens with zero attached hydrogens (tertiary/aromatic N) is 4. The fraction of sp³-hybridized carbons (Fsp3) is 0.450. The maximum atomic E-state index is 12.8. The molecule has 4 rings (SSSR count). The van der Waals surface area contributed by atoms with Crippen LogP contribution in [0.4, 0.5) is 16.5 Å².